The van der Waals surface area contributed by atoms with Gasteiger partial charge < -0.3 is 24.3 Å². The normalized spacial score (nSPS) is 13.1. The van der Waals surface area contributed by atoms with Gasteiger partial charge >= 0.3 is 0 Å². The molecule has 0 fully saturated rings. The number of aryl methyl sites for hydroxylation is 1. The molecule has 7 heteroatoms. The highest BCUT2D eigenvalue weighted by Crippen LogP contribution is 2.28. The maximum absolute atomic E-state index is 11.3. The number of benzene rings is 2. The third-order valence-corrected chi connectivity index (χ3v) is 4.52. The van der Waals surface area contributed by atoms with Crippen LogP contribution in [-0.4, -0.2) is 36.6 Å². The van der Waals surface area contributed by atoms with Crippen molar-refractivity contribution in [3.63, 3.8) is 0 Å². The van der Waals surface area contributed by atoms with Crippen molar-refractivity contribution < 1.29 is 19.3 Å². The minimum atomic E-state index is -0.875. The van der Waals surface area contributed by atoms with Crippen LogP contribution in [0.3, 0.4) is 0 Å². The molecule has 2 aromatic carbocycles. The molecular weight excluding hydrogens is 360 g/mol. The largest absolute Gasteiger partial charge is 0.493 e. The van der Waals surface area contributed by atoms with Gasteiger partial charge in [-0.25, -0.2) is 0 Å². The van der Waals surface area contributed by atoms with Crippen LogP contribution in [0.4, 0.5) is 0 Å². The van der Waals surface area contributed by atoms with Gasteiger partial charge in [-0.15, -0.1) is 0 Å². The predicted octanol–water partition coefficient (Wildman–Crippen LogP) is 2.20. The Hall–Kier alpha value is -3.03. The van der Waals surface area contributed by atoms with E-state index < -0.39 is 12.3 Å². The van der Waals surface area contributed by atoms with Crippen LogP contribution in [0.5, 0.6) is 17.2 Å². The molecule has 1 heterocycles. The molecule has 2 atom stereocenters. The second-order valence-corrected chi connectivity index (χ2v) is 6.45. The van der Waals surface area contributed by atoms with E-state index in [-0.39, 0.29) is 5.56 Å². The quantitative estimate of drug-likeness (QED) is 0.514. The second kappa shape index (κ2) is 8.77. The second-order valence-electron chi connectivity index (χ2n) is 6.45. The van der Waals surface area contributed by atoms with Crippen LogP contribution in [0.15, 0.2) is 53.3 Å². The molecule has 148 valence electrons. The number of rotatable bonds is 8. The van der Waals surface area contributed by atoms with E-state index in [0.29, 0.717) is 35.6 Å². The third kappa shape index (κ3) is 4.62. The Balaban J connectivity index is 1.61. The number of pyridine rings is 1. The van der Waals surface area contributed by atoms with E-state index in [1.165, 1.54) is 6.07 Å². The number of nitrogens with two attached hydrogens (primary N) is 1. The zero-order chi connectivity index (χ0) is 20.1. The minimum Gasteiger partial charge on any atom is -0.493 e. The van der Waals surface area contributed by atoms with Crippen molar-refractivity contribution in [1.29, 1.82) is 0 Å². The molecule has 7 nitrogen and oxygen atoms in total. The molecule has 1 aromatic heterocycles. The molecule has 0 amide bonds. The minimum absolute atomic E-state index is 0.163. The molecule has 0 spiro atoms. The summed E-state index contributed by atoms with van der Waals surface area (Å²) in [4.78, 5) is 14.1. The van der Waals surface area contributed by atoms with Crippen LogP contribution in [0.1, 0.15) is 12.0 Å². The van der Waals surface area contributed by atoms with E-state index in [9.17, 15) is 9.90 Å². The van der Waals surface area contributed by atoms with Gasteiger partial charge in [-0.2, -0.15) is 0 Å². The summed E-state index contributed by atoms with van der Waals surface area (Å²) >= 11 is 0. The molecule has 28 heavy (non-hydrogen) atoms. The number of aromatic amines is 1. The first-order valence-electron chi connectivity index (χ1n) is 8.94. The maximum atomic E-state index is 11.3. The Morgan fingerprint density at radius 1 is 1.04 bits per heavy atom. The maximum Gasteiger partial charge on any atom is 0.248 e. The third-order valence-electron chi connectivity index (χ3n) is 4.52. The predicted molar refractivity (Wildman–Crippen MR) is 107 cm³/mol. The first-order valence-corrected chi connectivity index (χ1v) is 8.94. The number of aromatic nitrogens is 1. The van der Waals surface area contributed by atoms with Crippen molar-refractivity contribution >= 4 is 10.9 Å². The van der Waals surface area contributed by atoms with Gasteiger partial charge in [-0.3, -0.25) is 10.5 Å². The molecular formula is C21H24N2O5. The highest BCUT2D eigenvalue weighted by Gasteiger charge is 2.17. The summed E-state index contributed by atoms with van der Waals surface area (Å²) in [5.41, 5.74) is 7.55. The van der Waals surface area contributed by atoms with Crippen molar-refractivity contribution in [3.05, 3.63) is 64.4 Å². The molecule has 0 bridgehead atoms. The lowest BCUT2D eigenvalue weighted by molar-refractivity contribution is 0.0350. The Labute approximate surface area is 162 Å². The fourth-order valence-corrected chi connectivity index (χ4v) is 2.96. The fourth-order valence-electron chi connectivity index (χ4n) is 2.96. The van der Waals surface area contributed by atoms with Crippen molar-refractivity contribution in [2.24, 2.45) is 5.73 Å². The lowest BCUT2D eigenvalue weighted by Crippen LogP contribution is -2.40. The zero-order valence-corrected chi connectivity index (χ0v) is 15.8. The average molecular weight is 384 g/mol. The molecule has 0 aliphatic rings. The van der Waals surface area contributed by atoms with Gasteiger partial charge in [0.15, 0.2) is 17.7 Å². The van der Waals surface area contributed by atoms with E-state index in [1.54, 1.807) is 38.5 Å². The smallest absolute Gasteiger partial charge is 0.248 e. The standard InChI is InChI=1S/C21H24N2O5/c1-26-18-9-4-13(11-19(18)27-2)3-8-17(24)21(22)28-15-6-7-16-14(12-15)5-10-20(25)23-16/h4-7,9-12,17,21,24H,3,8,22H2,1-2H3,(H,23,25). The van der Waals surface area contributed by atoms with Gasteiger partial charge in [0.25, 0.3) is 0 Å². The van der Waals surface area contributed by atoms with Crippen LogP contribution in [0.2, 0.25) is 0 Å². The number of aliphatic hydroxyl groups is 1. The Bertz CT molecular complexity index is 1000. The van der Waals surface area contributed by atoms with Crippen molar-refractivity contribution in [2.75, 3.05) is 14.2 Å². The van der Waals surface area contributed by atoms with Gasteiger partial charge in [-0.1, -0.05) is 6.07 Å². The number of hydrogen-bond acceptors (Lipinski definition) is 6. The summed E-state index contributed by atoms with van der Waals surface area (Å²) in [5.74, 6) is 1.82. The number of methoxy groups -OCH3 is 2. The first-order chi connectivity index (χ1) is 13.5. The lowest BCUT2D eigenvalue weighted by atomic mass is 10.1. The molecule has 0 radical (unpaired) electrons. The molecule has 3 aromatic rings. The monoisotopic (exact) mass is 384 g/mol. The Morgan fingerprint density at radius 3 is 2.57 bits per heavy atom. The highest BCUT2D eigenvalue weighted by molar-refractivity contribution is 5.79. The van der Waals surface area contributed by atoms with Crippen molar-refractivity contribution in [1.82, 2.24) is 4.98 Å². The van der Waals surface area contributed by atoms with Crippen LogP contribution in [0, 0.1) is 0 Å². The van der Waals surface area contributed by atoms with Gasteiger partial charge in [0.1, 0.15) is 11.9 Å². The number of nitrogens with one attached hydrogen (secondary N) is 1. The van der Waals surface area contributed by atoms with E-state index in [4.69, 9.17) is 19.9 Å². The number of H-pyrrole nitrogens is 1. The molecule has 0 aliphatic carbocycles. The molecule has 4 N–H and O–H groups in total. The van der Waals surface area contributed by atoms with E-state index >= 15 is 0 Å². The number of ether oxygens (including phenoxy) is 3. The van der Waals surface area contributed by atoms with E-state index in [1.807, 2.05) is 18.2 Å². The average Bonchev–Trinajstić information content (AvgIpc) is 2.71. The molecule has 3 rings (SSSR count). The molecule has 0 aliphatic heterocycles. The van der Waals surface area contributed by atoms with Gasteiger partial charge in [-0.05, 0) is 54.8 Å². The Kier molecular flexibility index (Phi) is 6.18. The van der Waals surface area contributed by atoms with E-state index in [0.717, 1.165) is 10.9 Å². The number of fused-ring (bicyclic) bond motifs is 1. The van der Waals surface area contributed by atoms with Crippen LogP contribution >= 0.6 is 0 Å². The number of aliphatic hydroxyl groups excluding tert-OH is 1. The summed E-state index contributed by atoms with van der Waals surface area (Å²) in [5, 5.41) is 11.2. The highest BCUT2D eigenvalue weighted by atomic mass is 16.5. The van der Waals surface area contributed by atoms with Gasteiger partial charge in [0.2, 0.25) is 5.56 Å². The SMILES string of the molecule is COc1ccc(CCC(O)C(N)Oc2ccc3[nH]c(=O)ccc3c2)cc1OC. The fraction of sp³-hybridized carbons (Fsp3) is 0.286. The molecule has 2 unspecified atom stereocenters. The van der Waals surface area contributed by atoms with Crippen LogP contribution in [0.25, 0.3) is 10.9 Å². The Morgan fingerprint density at radius 2 is 1.82 bits per heavy atom. The summed E-state index contributed by atoms with van der Waals surface area (Å²) in [6.07, 6.45) is -0.686. The first kappa shape index (κ1) is 19.7. The topological polar surface area (TPSA) is 107 Å². The van der Waals surface area contributed by atoms with Crippen molar-refractivity contribution in [2.45, 2.75) is 25.2 Å². The summed E-state index contributed by atoms with van der Waals surface area (Å²) in [7, 11) is 3.17. The zero-order valence-electron chi connectivity index (χ0n) is 15.8. The lowest BCUT2D eigenvalue weighted by Gasteiger charge is -2.20. The van der Waals surface area contributed by atoms with Crippen LogP contribution in [-0.2, 0) is 6.42 Å². The summed E-state index contributed by atoms with van der Waals surface area (Å²) in [6, 6.07) is 14.0. The van der Waals surface area contributed by atoms with E-state index in [2.05, 4.69) is 4.98 Å². The molecule has 0 saturated carbocycles. The summed E-state index contributed by atoms with van der Waals surface area (Å²) in [6.45, 7) is 0. The molecule has 0 saturated heterocycles. The van der Waals surface area contributed by atoms with Gasteiger partial charge in [0, 0.05) is 17.0 Å². The number of hydrogen-bond donors (Lipinski definition) is 3. The summed E-state index contributed by atoms with van der Waals surface area (Å²) < 4.78 is 16.2. The van der Waals surface area contributed by atoms with Crippen molar-refractivity contribution in [3.8, 4) is 17.2 Å². The van der Waals surface area contributed by atoms with Crippen LogP contribution < -0.4 is 25.5 Å². The van der Waals surface area contributed by atoms with Gasteiger partial charge in [0.05, 0.1) is 14.2 Å².